The zero-order chi connectivity index (χ0) is 17.8. The lowest BCUT2D eigenvalue weighted by Crippen LogP contribution is -2.22. The van der Waals surface area contributed by atoms with Crippen molar-refractivity contribution in [1.29, 1.82) is 0 Å². The third-order valence-corrected chi connectivity index (χ3v) is 4.27. The van der Waals surface area contributed by atoms with Gasteiger partial charge < -0.3 is 15.7 Å². The Morgan fingerprint density at radius 2 is 2.08 bits per heavy atom. The molecule has 0 aliphatic carbocycles. The SMILES string of the molecule is C=CC(C)NCc1cc(Nc2ccnc3cc(Cl)ccc23)ccc1O. The van der Waals surface area contributed by atoms with Crippen LogP contribution in [0.5, 0.6) is 5.75 Å². The summed E-state index contributed by atoms with van der Waals surface area (Å²) in [6, 6.07) is 13.2. The minimum atomic E-state index is 0.171. The Morgan fingerprint density at radius 3 is 2.88 bits per heavy atom. The molecule has 1 unspecified atom stereocenters. The molecule has 0 radical (unpaired) electrons. The average molecular weight is 354 g/mol. The van der Waals surface area contributed by atoms with Crippen molar-refractivity contribution in [2.45, 2.75) is 19.5 Å². The number of fused-ring (bicyclic) bond motifs is 1. The van der Waals surface area contributed by atoms with Gasteiger partial charge in [-0.1, -0.05) is 17.7 Å². The van der Waals surface area contributed by atoms with E-state index in [0.717, 1.165) is 27.8 Å². The lowest BCUT2D eigenvalue weighted by Gasteiger charge is -2.14. The molecule has 1 heterocycles. The number of aromatic hydroxyl groups is 1. The van der Waals surface area contributed by atoms with Gasteiger partial charge in [0.25, 0.3) is 0 Å². The molecule has 0 fully saturated rings. The fourth-order valence-corrected chi connectivity index (χ4v) is 2.71. The first kappa shape index (κ1) is 17.3. The van der Waals surface area contributed by atoms with Gasteiger partial charge in [-0.25, -0.2) is 0 Å². The number of phenolic OH excluding ortho intramolecular Hbond substituents is 1. The Morgan fingerprint density at radius 1 is 1.24 bits per heavy atom. The highest BCUT2D eigenvalue weighted by molar-refractivity contribution is 6.31. The first-order chi connectivity index (χ1) is 12.1. The molecule has 0 aliphatic rings. The molecular formula is C20H20ClN3O. The third-order valence-electron chi connectivity index (χ3n) is 4.03. The summed E-state index contributed by atoms with van der Waals surface area (Å²) >= 11 is 6.04. The number of nitrogens with zero attached hydrogens (tertiary/aromatic N) is 1. The summed E-state index contributed by atoms with van der Waals surface area (Å²) in [5, 5.41) is 18.4. The van der Waals surface area contributed by atoms with Crippen LogP contribution >= 0.6 is 11.6 Å². The summed E-state index contributed by atoms with van der Waals surface area (Å²) in [4.78, 5) is 4.35. The van der Waals surface area contributed by atoms with Crippen molar-refractivity contribution in [1.82, 2.24) is 10.3 Å². The van der Waals surface area contributed by atoms with E-state index in [2.05, 4.69) is 22.2 Å². The molecule has 4 nitrogen and oxygen atoms in total. The molecule has 3 aromatic rings. The van der Waals surface area contributed by atoms with Crippen molar-refractivity contribution in [3.63, 3.8) is 0 Å². The van der Waals surface area contributed by atoms with Gasteiger partial charge in [0.2, 0.25) is 0 Å². The van der Waals surface area contributed by atoms with Gasteiger partial charge in [-0.3, -0.25) is 4.98 Å². The van der Waals surface area contributed by atoms with Gasteiger partial charge in [0.05, 0.1) is 5.52 Å². The molecule has 25 heavy (non-hydrogen) atoms. The Bertz CT molecular complexity index is 911. The van der Waals surface area contributed by atoms with Crippen LogP contribution in [0.25, 0.3) is 10.9 Å². The van der Waals surface area contributed by atoms with E-state index in [9.17, 15) is 5.11 Å². The van der Waals surface area contributed by atoms with Gasteiger partial charge >= 0.3 is 0 Å². The minimum Gasteiger partial charge on any atom is -0.508 e. The quantitative estimate of drug-likeness (QED) is 0.431. The fourth-order valence-electron chi connectivity index (χ4n) is 2.54. The second-order valence-corrected chi connectivity index (χ2v) is 6.33. The van der Waals surface area contributed by atoms with Crippen LogP contribution < -0.4 is 10.6 Å². The number of phenols is 1. The lowest BCUT2D eigenvalue weighted by molar-refractivity contribution is 0.463. The molecule has 0 bridgehead atoms. The van der Waals surface area contributed by atoms with E-state index in [0.29, 0.717) is 11.6 Å². The van der Waals surface area contributed by atoms with E-state index in [4.69, 9.17) is 11.6 Å². The number of rotatable bonds is 6. The van der Waals surface area contributed by atoms with Crippen molar-refractivity contribution in [2.75, 3.05) is 5.32 Å². The number of pyridine rings is 1. The van der Waals surface area contributed by atoms with Gasteiger partial charge in [-0.15, -0.1) is 6.58 Å². The predicted octanol–water partition coefficient (Wildman–Crippen LogP) is 5.00. The van der Waals surface area contributed by atoms with Crippen molar-refractivity contribution in [3.05, 3.63) is 71.9 Å². The molecule has 0 saturated heterocycles. The standard InChI is InChI=1S/C20H20ClN3O/c1-3-13(2)23-12-14-10-16(5-7-20(14)25)24-18-8-9-22-19-11-15(21)4-6-17(18)19/h3-11,13,23,25H,1,12H2,2H3,(H,22,24). The molecule has 1 atom stereocenters. The number of anilines is 2. The van der Waals surface area contributed by atoms with Crippen molar-refractivity contribution < 1.29 is 5.11 Å². The van der Waals surface area contributed by atoms with Crippen LogP contribution in [0.3, 0.4) is 0 Å². The van der Waals surface area contributed by atoms with E-state index in [1.807, 2.05) is 49.4 Å². The van der Waals surface area contributed by atoms with Crippen molar-refractivity contribution in [3.8, 4) is 5.75 Å². The second-order valence-electron chi connectivity index (χ2n) is 5.89. The topological polar surface area (TPSA) is 57.2 Å². The maximum atomic E-state index is 10.1. The van der Waals surface area contributed by atoms with Gasteiger partial charge in [0, 0.05) is 46.1 Å². The maximum Gasteiger partial charge on any atom is 0.120 e. The number of aromatic nitrogens is 1. The first-order valence-corrected chi connectivity index (χ1v) is 8.44. The summed E-state index contributed by atoms with van der Waals surface area (Å²) in [7, 11) is 0. The molecule has 0 saturated carbocycles. The largest absolute Gasteiger partial charge is 0.508 e. The van der Waals surface area contributed by atoms with Crippen LogP contribution in [0.4, 0.5) is 11.4 Å². The maximum absolute atomic E-state index is 10.1. The van der Waals surface area contributed by atoms with Crippen LogP contribution in [0.2, 0.25) is 5.02 Å². The summed E-state index contributed by atoms with van der Waals surface area (Å²) in [5.74, 6) is 0.265. The summed E-state index contributed by atoms with van der Waals surface area (Å²) < 4.78 is 0. The number of nitrogens with one attached hydrogen (secondary N) is 2. The van der Waals surface area contributed by atoms with E-state index >= 15 is 0 Å². The first-order valence-electron chi connectivity index (χ1n) is 8.06. The van der Waals surface area contributed by atoms with E-state index in [1.165, 1.54) is 0 Å². The van der Waals surface area contributed by atoms with Gasteiger partial charge in [-0.05, 0) is 49.4 Å². The average Bonchev–Trinajstić information content (AvgIpc) is 2.61. The predicted molar refractivity (Wildman–Crippen MR) is 105 cm³/mol. The molecule has 0 aliphatic heterocycles. The Labute approximate surface area is 152 Å². The number of hydrogen-bond donors (Lipinski definition) is 3. The normalized spacial score (nSPS) is 12.1. The number of hydrogen-bond acceptors (Lipinski definition) is 4. The summed E-state index contributed by atoms with van der Waals surface area (Å²) in [6.45, 7) is 6.32. The Balaban J connectivity index is 1.87. The lowest BCUT2D eigenvalue weighted by atomic mass is 10.1. The molecule has 1 aromatic heterocycles. The van der Waals surface area contributed by atoms with Gasteiger partial charge in [0.15, 0.2) is 0 Å². The van der Waals surface area contributed by atoms with E-state index in [1.54, 1.807) is 12.3 Å². The van der Waals surface area contributed by atoms with Crippen molar-refractivity contribution >= 4 is 33.9 Å². The minimum absolute atomic E-state index is 0.171. The summed E-state index contributed by atoms with van der Waals surface area (Å²) in [6.07, 6.45) is 3.57. The van der Waals surface area contributed by atoms with Gasteiger partial charge in [0.1, 0.15) is 5.75 Å². The number of benzene rings is 2. The van der Waals surface area contributed by atoms with E-state index < -0.39 is 0 Å². The van der Waals surface area contributed by atoms with Crippen LogP contribution in [0.15, 0.2) is 61.3 Å². The highest BCUT2D eigenvalue weighted by Crippen LogP contribution is 2.29. The third kappa shape index (κ3) is 4.10. The number of halogens is 1. The zero-order valence-corrected chi connectivity index (χ0v) is 14.7. The Kier molecular flexibility index (Phi) is 5.22. The molecule has 5 heteroatoms. The molecular weight excluding hydrogens is 334 g/mol. The smallest absolute Gasteiger partial charge is 0.120 e. The van der Waals surface area contributed by atoms with Gasteiger partial charge in [-0.2, -0.15) is 0 Å². The molecule has 0 spiro atoms. The molecule has 2 aromatic carbocycles. The van der Waals surface area contributed by atoms with Crippen LogP contribution in [-0.4, -0.2) is 16.1 Å². The second kappa shape index (κ2) is 7.55. The van der Waals surface area contributed by atoms with Crippen LogP contribution in [0, 0.1) is 0 Å². The molecule has 0 amide bonds. The van der Waals surface area contributed by atoms with Crippen LogP contribution in [0.1, 0.15) is 12.5 Å². The Hall–Kier alpha value is -2.56. The highest BCUT2D eigenvalue weighted by Gasteiger charge is 2.07. The van der Waals surface area contributed by atoms with Crippen LogP contribution in [-0.2, 0) is 6.54 Å². The monoisotopic (exact) mass is 353 g/mol. The van der Waals surface area contributed by atoms with Crippen molar-refractivity contribution in [2.24, 2.45) is 0 Å². The van der Waals surface area contributed by atoms with E-state index in [-0.39, 0.29) is 11.8 Å². The molecule has 3 rings (SSSR count). The fraction of sp³-hybridized carbons (Fsp3) is 0.150. The molecule has 128 valence electrons. The summed E-state index contributed by atoms with van der Waals surface area (Å²) in [5.41, 5.74) is 3.48. The highest BCUT2D eigenvalue weighted by atomic mass is 35.5. The zero-order valence-electron chi connectivity index (χ0n) is 14.0. The molecule has 3 N–H and O–H groups in total.